The first-order valence-electron chi connectivity index (χ1n) is 35.4. The Morgan fingerprint density at radius 2 is 1.03 bits per heavy atom. The number of carbonyl (C=O) groups excluding carboxylic acids is 11. The standard InChI is InChI=1S/C71H129N13O13/c1-27-29-30-48(15)60(86)59-64(90)74-52(28-2)66(92)77(20)41-57(85)78(21)53(37-42(3)4)63(89)75-58(46(11)12)69(95)79(22)54(38-43(5)6)62(88)72-49(16)61(87)73-50(17)65(91)80(23)55(39-44(7)8)67(93)81(24)56(40-45(9)10)68(94)83(26)71(47(13)14,70(96)82(59)25)97-36-35-84-33-31-51(32-34-84)76(18)19/h27,29,42-56,58-60,86H,28,30-41H2,1-26H3,(H,72,88)(H,73,87)(H,74,90)(H,75,89)/b29-27+/t48-,49+,50-,52+,53+,54+,55+,56+,58+,59+,60-,71+/m1/s1. The van der Waals surface area contributed by atoms with Crippen LogP contribution in [-0.4, -0.2) is 283 Å². The first-order valence-corrected chi connectivity index (χ1v) is 35.4. The SMILES string of the molecule is C/C=C/C[C@@H](C)[C@@H](O)[C@H]1C(=O)N[C@@H](CC)C(=O)N(C)CC(=O)N(C)[C@@H](CC(C)C)C(=O)N[C@@H](C(C)C)C(=O)N(C)[C@@H](CC(C)C)C(=O)N[C@@H](C)C(=O)N[C@H](C)C(=O)N(C)[C@@H](CC(C)C)C(=O)N(C)[C@@H](CC(C)C)C(=O)N(C)[C@](OCCN2CCC(N(C)C)CC2)(C(C)C)C(=O)N1C. The molecule has 5 N–H and O–H groups in total. The first-order chi connectivity index (χ1) is 45.0. The molecule has 2 aliphatic heterocycles. The zero-order valence-corrected chi connectivity index (χ0v) is 64.1. The fraction of sp³-hybridized carbons (Fsp3) is 0.817. The average Bonchev–Trinajstić information content (AvgIpc) is 0.757. The van der Waals surface area contributed by atoms with E-state index < -0.39 is 155 Å². The lowest BCUT2D eigenvalue weighted by Crippen LogP contribution is -2.70. The quantitative estimate of drug-likeness (QED) is 0.109. The van der Waals surface area contributed by atoms with Gasteiger partial charge in [-0.3, -0.25) is 52.7 Å². The molecular weight excluding hydrogens is 1240 g/mol. The van der Waals surface area contributed by atoms with Crippen molar-refractivity contribution in [1.82, 2.24) is 65.4 Å². The lowest BCUT2D eigenvalue weighted by molar-refractivity contribution is -0.209. The number of likely N-dealkylation sites (tertiary alicyclic amines) is 1. The number of likely N-dealkylation sites (N-methyl/N-ethyl adjacent to an activating group) is 7. The second-order valence-electron chi connectivity index (χ2n) is 30.1. The Kier molecular flexibility index (Phi) is 35.4. The second kappa shape index (κ2) is 39.5. The summed E-state index contributed by atoms with van der Waals surface area (Å²) in [6.45, 7) is 31.1. The van der Waals surface area contributed by atoms with E-state index in [-0.39, 0.29) is 68.8 Å². The Morgan fingerprint density at radius 1 is 0.567 bits per heavy atom. The average molecular weight is 1370 g/mol. The number of hydrogen-bond acceptors (Lipinski definition) is 15. The number of aliphatic hydroxyl groups is 1. The predicted octanol–water partition coefficient (Wildman–Crippen LogP) is 3.64. The molecule has 0 aliphatic carbocycles. The van der Waals surface area contributed by atoms with Gasteiger partial charge < -0.3 is 75.2 Å². The van der Waals surface area contributed by atoms with Crippen molar-refractivity contribution in [2.24, 2.45) is 41.4 Å². The van der Waals surface area contributed by atoms with Gasteiger partial charge >= 0.3 is 0 Å². The Balaban J connectivity index is 3.15. The number of allylic oxidation sites excluding steroid dienone is 2. The summed E-state index contributed by atoms with van der Waals surface area (Å²) in [6, 6.07) is -11.2. The van der Waals surface area contributed by atoms with Gasteiger partial charge in [-0.1, -0.05) is 109 Å². The van der Waals surface area contributed by atoms with Crippen molar-refractivity contribution in [1.29, 1.82) is 0 Å². The van der Waals surface area contributed by atoms with E-state index in [1.807, 2.05) is 75.6 Å². The third-order valence-electron chi connectivity index (χ3n) is 19.3. The Hall–Kier alpha value is -6.25. The first kappa shape index (κ1) is 86.8. The minimum atomic E-state index is -2.24. The van der Waals surface area contributed by atoms with Crippen LogP contribution in [0.15, 0.2) is 12.2 Å². The van der Waals surface area contributed by atoms with Gasteiger partial charge in [0.2, 0.25) is 64.8 Å². The van der Waals surface area contributed by atoms with Gasteiger partial charge in [0.1, 0.15) is 54.4 Å². The molecule has 12 atom stereocenters. The molecular formula is C71H129N13O13. The van der Waals surface area contributed by atoms with Crippen LogP contribution in [0.5, 0.6) is 0 Å². The molecule has 0 spiro atoms. The maximum Gasteiger partial charge on any atom is 0.276 e. The number of hydrogen-bond donors (Lipinski definition) is 5. The number of nitrogens with one attached hydrogen (secondary N) is 4. The van der Waals surface area contributed by atoms with Crippen LogP contribution in [0.3, 0.4) is 0 Å². The summed E-state index contributed by atoms with van der Waals surface area (Å²) in [5.74, 6) is -10.6. The monoisotopic (exact) mass is 1370 g/mol. The van der Waals surface area contributed by atoms with Crippen LogP contribution in [0.25, 0.3) is 0 Å². The van der Waals surface area contributed by atoms with E-state index in [1.54, 1.807) is 54.5 Å². The number of rotatable bonds is 20. The van der Waals surface area contributed by atoms with Crippen molar-refractivity contribution in [3.63, 3.8) is 0 Å². The van der Waals surface area contributed by atoms with Crippen molar-refractivity contribution in [3.05, 3.63) is 12.2 Å². The molecule has 2 aliphatic rings. The highest BCUT2D eigenvalue weighted by Crippen LogP contribution is 2.33. The normalized spacial score (nSPS) is 27.3. The topological polar surface area (TPSA) is 295 Å². The summed E-state index contributed by atoms with van der Waals surface area (Å²) in [7, 11) is 14.0. The summed E-state index contributed by atoms with van der Waals surface area (Å²) < 4.78 is 6.96. The van der Waals surface area contributed by atoms with E-state index in [0.717, 1.165) is 35.7 Å². The summed E-state index contributed by atoms with van der Waals surface area (Å²) in [4.78, 5) is 177. The number of carbonyl (C=O) groups is 11. The number of ether oxygens (including phenoxy) is 1. The molecule has 0 radical (unpaired) electrons. The highest BCUT2D eigenvalue weighted by molar-refractivity contribution is 6.00. The summed E-state index contributed by atoms with van der Waals surface area (Å²) in [5, 5.41) is 23.6. The van der Waals surface area contributed by atoms with Crippen LogP contribution in [0.1, 0.15) is 169 Å². The molecule has 11 amide bonds. The van der Waals surface area contributed by atoms with E-state index in [9.17, 15) is 38.7 Å². The fourth-order valence-electron chi connectivity index (χ4n) is 12.9. The van der Waals surface area contributed by atoms with Gasteiger partial charge in [0.15, 0.2) is 0 Å². The highest BCUT2D eigenvalue weighted by Gasteiger charge is 2.55. The summed E-state index contributed by atoms with van der Waals surface area (Å²) in [5.41, 5.74) is -2.24. The maximum absolute atomic E-state index is 16.3. The Bertz CT molecular complexity index is 2660. The maximum atomic E-state index is 16.3. The Morgan fingerprint density at radius 3 is 1.51 bits per heavy atom. The van der Waals surface area contributed by atoms with Crippen LogP contribution in [-0.2, 0) is 57.5 Å². The summed E-state index contributed by atoms with van der Waals surface area (Å²) in [6.07, 6.45) is 4.54. The molecule has 2 rings (SSSR count). The number of aliphatic hydroxyl groups excluding tert-OH is 1. The molecule has 556 valence electrons. The van der Waals surface area contributed by atoms with Crippen molar-refractivity contribution in [2.75, 3.05) is 96.2 Å². The minimum absolute atomic E-state index is 0.00866. The van der Waals surface area contributed by atoms with Gasteiger partial charge in [-0.05, 0) is 135 Å². The van der Waals surface area contributed by atoms with Crippen LogP contribution >= 0.6 is 0 Å². The number of nitrogens with zero attached hydrogens (tertiary/aromatic N) is 9. The van der Waals surface area contributed by atoms with Gasteiger partial charge in [0, 0.05) is 67.8 Å². The molecule has 0 unspecified atom stereocenters. The minimum Gasteiger partial charge on any atom is -0.390 e. The molecule has 0 saturated carbocycles. The molecule has 2 saturated heterocycles. The lowest BCUT2D eigenvalue weighted by Gasteiger charge is -2.48. The van der Waals surface area contributed by atoms with Crippen LogP contribution in [0, 0.1) is 41.4 Å². The van der Waals surface area contributed by atoms with Crippen molar-refractivity contribution in [2.45, 2.75) is 241 Å². The smallest absolute Gasteiger partial charge is 0.276 e. The van der Waals surface area contributed by atoms with Gasteiger partial charge in [-0.2, -0.15) is 0 Å². The van der Waals surface area contributed by atoms with E-state index in [0.29, 0.717) is 12.6 Å². The Labute approximate surface area is 581 Å². The van der Waals surface area contributed by atoms with E-state index >= 15 is 19.2 Å². The van der Waals surface area contributed by atoms with Crippen molar-refractivity contribution in [3.8, 4) is 0 Å². The molecule has 2 fully saturated rings. The molecule has 0 bridgehead atoms. The van der Waals surface area contributed by atoms with Crippen LogP contribution in [0.2, 0.25) is 0 Å². The van der Waals surface area contributed by atoms with E-state index in [1.165, 1.54) is 87.7 Å². The van der Waals surface area contributed by atoms with Crippen LogP contribution < -0.4 is 21.3 Å². The molecule has 26 heteroatoms. The zero-order chi connectivity index (χ0) is 74.6. The van der Waals surface area contributed by atoms with Gasteiger partial charge in [0.25, 0.3) is 5.91 Å². The molecule has 0 aromatic carbocycles. The van der Waals surface area contributed by atoms with Gasteiger partial charge in [-0.15, -0.1) is 0 Å². The number of piperidine rings is 1. The van der Waals surface area contributed by atoms with E-state index in [4.69, 9.17) is 4.74 Å². The zero-order valence-electron chi connectivity index (χ0n) is 64.1. The van der Waals surface area contributed by atoms with Gasteiger partial charge in [-0.25, -0.2) is 0 Å². The summed E-state index contributed by atoms with van der Waals surface area (Å²) >= 11 is 0. The molecule has 0 aromatic rings. The van der Waals surface area contributed by atoms with Gasteiger partial charge in [0.05, 0.1) is 19.3 Å². The molecule has 26 nitrogen and oxygen atoms in total. The third kappa shape index (κ3) is 23.7. The van der Waals surface area contributed by atoms with Crippen molar-refractivity contribution < 1.29 is 62.6 Å². The van der Waals surface area contributed by atoms with Crippen molar-refractivity contribution >= 4 is 65.0 Å². The largest absolute Gasteiger partial charge is 0.390 e. The second-order valence-corrected chi connectivity index (χ2v) is 30.1. The predicted molar refractivity (Wildman–Crippen MR) is 376 cm³/mol. The molecule has 2 heterocycles. The number of amides is 11. The molecule has 97 heavy (non-hydrogen) atoms. The third-order valence-corrected chi connectivity index (χ3v) is 19.3. The fourth-order valence-corrected chi connectivity index (χ4v) is 12.9. The lowest BCUT2D eigenvalue weighted by atomic mass is 9.89. The molecule has 0 aromatic heterocycles. The highest BCUT2D eigenvalue weighted by atomic mass is 16.5. The van der Waals surface area contributed by atoms with E-state index in [2.05, 4.69) is 31.1 Å². The van der Waals surface area contributed by atoms with Crippen LogP contribution in [0.4, 0.5) is 0 Å².